The molecule has 2 heteroatoms. The van der Waals surface area contributed by atoms with Crippen LogP contribution in [-0.4, -0.2) is 12.3 Å². The Labute approximate surface area is 83.9 Å². The number of hydrogen-bond donors (Lipinski definition) is 1. The molecule has 0 bridgehead atoms. The fourth-order valence-electron chi connectivity index (χ4n) is 1.75. The molecule has 1 aliphatic heterocycles. The van der Waals surface area contributed by atoms with Crippen LogP contribution in [0, 0.1) is 13.8 Å². The second kappa shape index (κ2) is 3.72. The van der Waals surface area contributed by atoms with Gasteiger partial charge in [0.2, 0.25) is 0 Å². The molecule has 1 aliphatic rings. The van der Waals surface area contributed by atoms with Crippen molar-refractivity contribution in [3.8, 4) is 0 Å². The molecule has 70 valence electrons. The van der Waals surface area contributed by atoms with Crippen LogP contribution in [0.2, 0.25) is 0 Å². The summed E-state index contributed by atoms with van der Waals surface area (Å²) in [5, 5.41) is 4.02. The Bertz CT molecular complexity index is 303. The maximum atomic E-state index is 3.50. The van der Waals surface area contributed by atoms with Crippen LogP contribution < -0.4 is 5.32 Å². The van der Waals surface area contributed by atoms with Gasteiger partial charge < -0.3 is 5.32 Å². The zero-order chi connectivity index (χ0) is 9.26. The van der Waals surface area contributed by atoms with Gasteiger partial charge in [-0.3, -0.25) is 0 Å². The number of thioether (sulfide) groups is 1. The van der Waals surface area contributed by atoms with E-state index in [1.54, 1.807) is 0 Å². The Morgan fingerprint density at radius 2 is 2.23 bits per heavy atom. The Morgan fingerprint density at radius 3 is 2.85 bits per heavy atom. The second-order valence-electron chi connectivity index (χ2n) is 3.56. The lowest BCUT2D eigenvalue weighted by Crippen LogP contribution is -2.13. The Morgan fingerprint density at radius 1 is 1.38 bits per heavy atom. The minimum atomic E-state index is 0.528. The zero-order valence-electron chi connectivity index (χ0n) is 8.13. The van der Waals surface area contributed by atoms with Crippen LogP contribution >= 0.6 is 11.8 Å². The molecule has 0 saturated carbocycles. The molecule has 1 aromatic rings. The van der Waals surface area contributed by atoms with E-state index >= 15 is 0 Å². The first kappa shape index (κ1) is 9.10. The molecule has 0 radical (unpaired) electrons. The number of nitrogens with one attached hydrogen (secondary N) is 1. The monoisotopic (exact) mass is 193 g/mol. The van der Waals surface area contributed by atoms with E-state index in [1.165, 1.54) is 22.4 Å². The van der Waals surface area contributed by atoms with E-state index in [-0.39, 0.29) is 0 Å². The third-order valence-electron chi connectivity index (χ3n) is 2.42. The van der Waals surface area contributed by atoms with Gasteiger partial charge >= 0.3 is 0 Å². The number of rotatable bonds is 1. The van der Waals surface area contributed by atoms with Crippen molar-refractivity contribution in [3.05, 3.63) is 34.9 Å². The van der Waals surface area contributed by atoms with Gasteiger partial charge in [0.15, 0.2) is 0 Å². The van der Waals surface area contributed by atoms with E-state index in [9.17, 15) is 0 Å². The predicted molar refractivity (Wildman–Crippen MR) is 59.1 cm³/mol. The first-order valence-corrected chi connectivity index (χ1v) is 5.74. The third-order valence-corrected chi connectivity index (χ3v) is 3.62. The smallest absolute Gasteiger partial charge is 0.0792 e. The molecule has 1 fully saturated rings. The normalized spacial score (nSPS) is 22.2. The molecule has 1 saturated heterocycles. The third kappa shape index (κ3) is 1.89. The fourth-order valence-corrected chi connectivity index (χ4v) is 2.90. The molecule has 1 N–H and O–H groups in total. The minimum Gasteiger partial charge on any atom is -0.301 e. The molecule has 0 aromatic heterocycles. The fraction of sp³-hybridized carbons (Fsp3) is 0.455. The van der Waals surface area contributed by atoms with Gasteiger partial charge in [-0.25, -0.2) is 0 Å². The van der Waals surface area contributed by atoms with Crippen molar-refractivity contribution >= 4 is 11.8 Å². The summed E-state index contributed by atoms with van der Waals surface area (Å²) in [7, 11) is 0. The van der Waals surface area contributed by atoms with Gasteiger partial charge in [-0.05, 0) is 25.0 Å². The van der Waals surface area contributed by atoms with Crippen LogP contribution in [0.5, 0.6) is 0 Å². The first-order chi connectivity index (χ1) is 6.27. The van der Waals surface area contributed by atoms with Crippen molar-refractivity contribution in [1.29, 1.82) is 0 Å². The molecule has 2 rings (SSSR count). The topological polar surface area (TPSA) is 12.0 Å². The summed E-state index contributed by atoms with van der Waals surface area (Å²) >= 11 is 2.00. The molecule has 1 atom stereocenters. The molecular weight excluding hydrogens is 178 g/mol. The Hall–Kier alpha value is -0.470. The van der Waals surface area contributed by atoms with Gasteiger partial charge in [-0.15, -0.1) is 11.8 Å². The largest absolute Gasteiger partial charge is 0.301 e. The number of aryl methyl sites for hydroxylation is 2. The van der Waals surface area contributed by atoms with E-state index in [4.69, 9.17) is 0 Å². The van der Waals surface area contributed by atoms with Crippen LogP contribution in [0.3, 0.4) is 0 Å². The molecule has 0 aliphatic carbocycles. The standard InChI is InChI=1S/C11H15NS/c1-8-3-4-10(9(2)7-8)11-12-5-6-13-11/h3-4,7,11-12H,5-6H2,1-2H3. The highest BCUT2D eigenvalue weighted by atomic mass is 32.2. The number of benzene rings is 1. The van der Waals surface area contributed by atoms with Gasteiger partial charge in [0.25, 0.3) is 0 Å². The van der Waals surface area contributed by atoms with Crippen molar-refractivity contribution < 1.29 is 0 Å². The maximum absolute atomic E-state index is 3.50. The Kier molecular flexibility index (Phi) is 2.61. The van der Waals surface area contributed by atoms with Crippen LogP contribution in [-0.2, 0) is 0 Å². The van der Waals surface area contributed by atoms with E-state index in [2.05, 4.69) is 37.4 Å². The summed E-state index contributed by atoms with van der Waals surface area (Å²) < 4.78 is 0. The number of hydrogen-bond acceptors (Lipinski definition) is 2. The predicted octanol–water partition coefficient (Wildman–Crippen LogP) is 2.64. The van der Waals surface area contributed by atoms with Crippen LogP contribution in [0.15, 0.2) is 18.2 Å². The lowest BCUT2D eigenvalue weighted by atomic mass is 10.1. The zero-order valence-corrected chi connectivity index (χ0v) is 8.95. The lowest BCUT2D eigenvalue weighted by molar-refractivity contribution is 0.747. The van der Waals surface area contributed by atoms with Crippen molar-refractivity contribution in [2.45, 2.75) is 19.2 Å². The van der Waals surface area contributed by atoms with Crippen molar-refractivity contribution in [2.75, 3.05) is 12.3 Å². The van der Waals surface area contributed by atoms with Crippen molar-refractivity contribution in [1.82, 2.24) is 5.32 Å². The lowest BCUT2D eigenvalue weighted by Gasteiger charge is -2.13. The highest BCUT2D eigenvalue weighted by molar-refractivity contribution is 7.99. The molecule has 0 spiro atoms. The molecular formula is C11H15NS. The molecule has 1 nitrogen and oxygen atoms in total. The summed E-state index contributed by atoms with van der Waals surface area (Å²) in [5.41, 5.74) is 4.21. The highest BCUT2D eigenvalue weighted by Gasteiger charge is 2.17. The van der Waals surface area contributed by atoms with E-state index in [0.29, 0.717) is 5.37 Å². The van der Waals surface area contributed by atoms with Gasteiger partial charge in [0, 0.05) is 12.3 Å². The Balaban J connectivity index is 2.29. The van der Waals surface area contributed by atoms with Crippen molar-refractivity contribution in [3.63, 3.8) is 0 Å². The van der Waals surface area contributed by atoms with E-state index in [1.807, 2.05) is 11.8 Å². The van der Waals surface area contributed by atoms with Gasteiger partial charge in [0.05, 0.1) is 5.37 Å². The second-order valence-corrected chi connectivity index (χ2v) is 4.78. The molecule has 1 aromatic carbocycles. The maximum Gasteiger partial charge on any atom is 0.0792 e. The summed E-state index contributed by atoms with van der Waals surface area (Å²) in [6.07, 6.45) is 0. The quantitative estimate of drug-likeness (QED) is 0.736. The van der Waals surface area contributed by atoms with Gasteiger partial charge in [-0.2, -0.15) is 0 Å². The highest BCUT2D eigenvalue weighted by Crippen LogP contribution is 2.31. The summed E-state index contributed by atoms with van der Waals surface area (Å²) in [5.74, 6) is 1.23. The first-order valence-electron chi connectivity index (χ1n) is 4.69. The molecule has 1 unspecified atom stereocenters. The summed E-state index contributed by atoms with van der Waals surface area (Å²) in [6, 6.07) is 6.71. The SMILES string of the molecule is Cc1ccc(C2NCCS2)c(C)c1. The minimum absolute atomic E-state index is 0.528. The van der Waals surface area contributed by atoms with Gasteiger partial charge in [-0.1, -0.05) is 23.8 Å². The van der Waals surface area contributed by atoms with Crippen LogP contribution in [0.1, 0.15) is 22.1 Å². The molecule has 0 amide bonds. The van der Waals surface area contributed by atoms with E-state index in [0.717, 1.165) is 6.54 Å². The summed E-state index contributed by atoms with van der Waals surface area (Å²) in [4.78, 5) is 0. The van der Waals surface area contributed by atoms with Gasteiger partial charge in [0.1, 0.15) is 0 Å². The molecule has 13 heavy (non-hydrogen) atoms. The van der Waals surface area contributed by atoms with E-state index < -0.39 is 0 Å². The van der Waals surface area contributed by atoms with Crippen LogP contribution in [0.4, 0.5) is 0 Å². The average Bonchev–Trinajstić information content (AvgIpc) is 2.56. The molecule has 1 heterocycles. The van der Waals surface area contributed by atoms with Crippen molar-refractivity contribution in [2.24, 2.45) is 0 Å². The van der Waals surface area contributed by atoms with Crippen LogP contribution in [0.25, 0.3) is 0 Å². The summed E-state index contributed by atoms with van der Waals surface area (Å²) in [6.45, 7) is 5.48. The average molecular weight is 193 g/mol.